The van der Waals surface area contributed by atoms with Gasteiger partial charge in [0, 0.05) is 24.3 Å². The van der Waals surface area contributed by atoms with Crippen molar-refractivity contribution in [2.75, 3.05) is 27.4 Å². The molecule has 5 rings (SSSR count). The summed E-state index contributed by atoms with van der Waals surface area (Å²) in [5.74, 6) is 1.08. The van der Waals surface area contributed by atoms with E-state index in [1.54, 1.807) is 23.8 Å². The largest absolute Gasteiger partial charge is 0.493 e. The molecular formula is C25H21N3O4S2. The van der Waals surface area contributed by atoms with Crippen molar-refractivity contribution in [2.45, 2.75) is 0 Å². The van der Waals surface area contributed by atoms with Crippen molar-refractivity contribution in [3.05, 3.63) is 71.3 Å². The molecule has 0 aliphatic carbocycles. The molecule has 0 N–H and O–H groups in total. The number of aromatic nitrogens is 2. The molecule has 4 aromatic rings. The molecule has 172 valence electrons. The molecule has 0 atom stereocenters. The molecule has 1 fully saturated rings. The first-order valence-corrected chi connectivity index (χ1v) is 11.8. The molecule has 2 aromatic heterocycles. The number of thiocarbonyl (C=S) groups is 1. The lowest BCUT2D eigenvalue weighted by Crippen LogP contribution is -2.31. The number of hydrogen-bond donors (Lipinski definition) is 0. The zero-order valence-corrected chi connectivity index (χ0v) is 20.2. The van der Waals surface area contributed by atoms with E-state index in [-0.39, 0.29) is 5.91 Å². The predicted octanol–water partition coefficient (Wildman–Crippen LogP) is 5.14. The maximum absolute atomic E-state index is 13.0. The fourth-order valence-corrected chi connectivity index (χ4v) is 5.03. The van der Waals surface area contributed by atoms with Crippen LogP contribution in [0.4, 0.5) is 0 Å². The van der Waals surface area contributed by atoms with E-state index < -0.39 is 0 Å². The molecule has 9 heteroatoms. The average molecular weight is 492 g/mol. The Morgan fingerprint density at radius 1 is 1.15 bits per heavy atom. The number of nitrogens with zero attached hydrogens (tertiary/aromatic N) is 3. The minimum Gasteiger partial charge on any atom is -0.493 e. The van der Waals surface area contributed by atoms with Gasteiger partial charge in [0.15, 0.2) is 17.1 Å². The minimum absolute atomic E-state index is 0.142. The number of carbonyl (C=O) groups is 1. The summed E-state index contributed by atoms with van der Waals surface area (Å²) >= 11 is 6.69. The van der Waals surface area contributed by atoms with Gasteiger partial charge >= 0.3 is 0 Å². The molecule has 0 saturated carbocycles. The Morgan fingerprint density at radius 3 is 2.74 bits per heavy atom. The zero-order valence-electron chi connectivity index (χ0n) is 18.6. The van der Waals surface area contributed by atoms with E-state index in [0.29, 0.717) is 45.2 Å². The van der Waals surface area contributed by atoms with Crippen molar-refractivity contribution in [2.24, 2.45) is 0 Å². The lowest BCUT2D eigenvalue weighted by atomic mass is 10.1. The highest BCUT2D eigenvalue weighted by atomic mass is 32.2. The van der Waals surface area contributed by atoms with Crippen LogP contribution in [0.3, 0.4) is 0 Å². The van der Waals surface area contributed by atoms with Crippen LogP contribution in [-0.2, 0) is 9.53 Å². The molecule has 2 aromatic carbocycles. The monoisotopic (exact) mass is 491 g/mol. The van der Waals surface area contributed by atoms with Crippen LogP contribution in [0.5, 0.6) is 5.75 Å². The number of furan rings is 1. The molecule has 7 nitrogen and oxygen atoms in total. The SMILES string of the molecule is COCCN1C(=O)C(=Cc2cn(-c3ccccc3)nc2-c2cc3cccc(OC)c3o2)SC1=S. The Bertz CT molecular complexity index is 1410. The van der Waals surface area contributed by atoms with Crippen LogP contribution in [-0.4, -0.2) is 52.3 Å². The lowest BCUT2D eigenvalue weighted by molar-refractivity contribution is -0.122. The van der Waals surface area contributed by atoms with Gasteiger partial charge in [-0.1, -0.05) is 54.3 Å². The highest BCUT2D eigenvalue weighted by molar-refractivity contribution is 8.26. The lowest BCUT2D eigenvalue weighted by Gasteiger charge is -2.12. The summed E-state index contributed by atoms with van der Waals surface area (Å²) in [6.07, 6.45) is 3.70. The average Bonchev–Trinajstić information content (AvgIpc) is 3.54. The second-order valence-electron chi connectivity index (χ2n) is 7.53. The maximum atomic E-state index is 13.0. The number of ether oxygens (including phenoxy) is 2. The number of thioether (sulfide) groups is 1. The normalized spacial score (nSPS) is 15.1. The van der Waals surface area contributed by atoms with Gasteiger partial charge in [-0.05, 0) is 30.3 Å². The summed E-state index contributed by atoms with van der Waals surface area (Å²) in [4.78, 5) is 15.1. The molecular weight excluding hydrogens is 470 g/mol. The van der Waals surface area contributed by atoms with Crippen LogP contribution >= 0.6 is 24.0 Å². The van der Waals surface area contributed by atoms with E-state index in [1.165, 1.54) is 11.8 Å². The van der Waals surface area contributed by atoms with Crippen LogP contribution in [0, 0.1) is 0 Å². The molecule has 1 aliphatic heterocycles. The molecule has 1 aliphatic rings. The molecule has 0 spiro atoms. The van der Waals surface area contributed by atoms with Gasteiger partial charge in [-0.3, -0.25) is 9.69 Å². The van der Waals surface area contributed by atoms with Crippen LogP contribution in [0.25, 0.3) is 34.2 Å². The summed E-state index contributed by atoms with van der Waals surface area (Å²) in [5.41, 5.74) is 2.90. The Morgan fingerprint density at radius 2 is 1.97 bits per heavy atom. The predicted molar refractivity (Wildman–Crippen MR) is 137 cm³/mol. The smallest absolute Gasteiger partial charge is 0.266 e. The number of carbonyl (C=O) groups excluding carboxylic acids is 1. The first-order chi connectivity index (χ1) is 16.6. The summed E-state index contributed by atoms with van der Waals surface area (Å²) in [5, 5.41) is 5.71. The van der Waals surface area contributed by atoms with Crippen molar-refractivity contribution >= 4 is 51.3 Å². The van der Waals surface area contributed by atoms with Crippen LogP contribution in [0.15, 0.2) is 70.1 Å². The Hall–Kier alpha value is -3.40. The molecule has 1 saturated heterocycles. The van der Waals surface area contributed by atoms with Gasteiger partial charge in [-0.25, -0.2) is 4.68 Å². The standard InChI is InChI=1S/C25H21N3O4S2/c1-30-12-11-27-24(29)21(34-25(27)33)14-17-15-28(18-8-4-3-5-9-18)26-22(17)20-13-16-7-6-10-19(31-2)23(16)32-20/h3-10,13-15H,11-12H2,1-2H3. The quantitative estimate of drug-likeness (QED) is 0.262. The Balaban J connectivity index is 1.61. The van der Waals surface area contributed by atoms with Crippen molar-refractivity contribution in [1.82, 2.24) is 14.7 Å². The molecule has 1 amide bonds. The fourth-order valence-electron chi connectivity index (χ4n) is 3.73. The van der Waals surface area contributed by atoms with Crippen molar-refractivity contribution in [3.63, 3.8) is 0 Å². The fraction of sp³-hybridized carbons (Fsp3) is 0.160. The summed E-state index contributed by atoms with van der Waals surface area (Å²) in [7, 11) is 3.21. The van der Waals surface area contributed by atoms with E-state index in [1.807, 2.05) is 66.9 Å². The van der Waals surface area contributed by atoms with Crippen molar-refractivity contribution in [1.29, 1.82) is 0 Å². The number of para-hydroxylation sites is 2. The first kappa shape index (κ1) is 22.4. The summed E-state index contributed by atoms with van der Waals surface area (Å²) in [6, 6.07) is 17.4. The van der Waals surface area contributed by atoms with E-state index in [0.717, 1.165) is 16.6 Å². The first-order valence-electron chi connectivity index (χ1n) is 10.6. The highest BCUT2D eigenvalue weighted by Crippen LogP contribution is 2.37. The Labute approximate surface area is 205 Å². The van der Waals surface area contributed by atoms with Crippen molar-refractivity contribution in [3.8, 4) is 22.9 Å². The van der Waals surface area contributed by atoms with E-state index in [9.17, 15) is 4.79 Å². The summed E-state index contributed by atoms with van der Waals surface area (Å²) in [6.45, 7) is 0.829. The van der Waals surface area contributed by atoms with E-state index in [2.05, 4.69) is 0 Å². The number of hydrogen-bond acceptors (Lipinski definition) is 7. The molecule has 0 bridgehead atoms. The maximum Gasteiger partial charge on any atom is 0.266 e. The van der Waals surface area contributed by atoms with E-state index in [4.69, 9.17) is 31.2 Å². The second-order valence-corrected chi connectivity index (χ2v) is 9.20. The zero-order chi connectivity index (χ0) is 23.7. The Kier molecular flexibility index (Phi) is 6.23. The second kappa shape index (κ2) is 9.46. The van der Waals surface area contributed by atoms with E-state index >= 15 is 0 Å². The van der Waals surface area contributed by atoms with Gasteiger partial charge in [-0.2, -0.15) is 5.10 Å². The van der Waals surface area contributed by atoms with Gasteiger partial charge in [0.1, 0.15) is 10.0 Å². The van der Waals surface area contributed by atoms with Crippen LogP contribution < -0.4 is 4.74 Å². The third-order valence-corrected chi connectivity index (χ3v) is 6.78. The van der Waals surface area contributed by atoms with Crippen LogP contribution in [0.2, 0.25) is 0 Å². The van der Waals surface area contributed by atoms with Gasteiger partial charge in [0.25, 0.3) is 5.91 Å². The van der Waals surface area contributed by atoms with Gasteiger partial charge < -0.3 is 13.9 Å². The highest BCUT2D eigenvalue weighted by Gasteiger charge is 2.32. The minimum atomic E-state index is -0.142. The van der Waals surface area contributed by atoms with Gasteiger partial charge in [-0.15, -0.1) is 0 Å². The third-order valence-electron chi connectivity index (χ3n) is 5.40. The number of rotatable bonds is 7. The third kappa shape index (κ3) is 4.13. The molecule has 3 heterocycles. The van der Waals surface area contributed by atoms with Gasteiger partial charge in [0.2, 0.25) is 0 Å². The number of methoxy groups -OCH3 is 2. The van der Waals surface area contributed by atoms with Crippen LogP contribution in [0.1, 0.15) is 5.56 Å². The number of amides is 1. The number of fused-ring (bicyclic) bond motifs is 1. The topological polar surface area (TPSA) is 69.7 Å². The van der Waals surface area contributed by atoms with Crippen molar-refractivity contribution < 1.29 is 18.7 Å². The number of benzene rings is 2. The molecule has 0 unspecified atom stereocenters. The molecule has 34 heavy (non-hydrogen) atoms. The molecule has 0 radical (unpaired) electrons. The van der Waals surface area contributed by atoms with Gasteiger partial charge in [0.05, 0.1) is 30.9 Å². The summed E-state index contributed by atoms with van der Waals surface area (Å²) < 4.78 is 19.0.